The van der Waals surface area contributed by atoms with E-state index >= 15 is 0 Å². The summed E-state index contributed by atoms with van der Waals surface area (Å²) in [4.78, 5) is 0. The van der Waals surface area contributed by atoms with E-state index in [2.05, 4.69) is 0 Å². The third-order valence-electron chi connectivity index (χ3n) is 4.73. The Labute approximate surface area is 164 Å². The predicted molar refractivity (Wildman–Crippen MR) is 111 cm³/mol. The fraction of sp³-hybridized carbons (Fsp3) is 0.238. The van der Waals surface area contributed by atoms with Crippen LogP contribution in [-0.2, 0) is 10.0 Å². The van der Waals surface area contributed by atoms with Crippen LogP contribution in [0.5, 0.6) is 5.75 Å². The Morgan fingerprint density at radius 1 is 1.04 bits per heavy atom. The van der Waals surface area contributed by atoms with Crippen molar-refractivity contribution < 1.29 is 13.2 Å². The van der Waals surface area contributed by atoms with Crippen LogP contribution in [0.4, 0.5) is 11.4 Å². The van der Waals surface area contributed by atoms with Crippen molar-refractivity contribution in [3.05, 3.63) is 66.2 Å². The summed E-state index contributed by atoms with van der Waals surface area (Å²) in [6, 6.07) is 19.1. The van der Waals surface area contributed by atoms with Crippen molar-refractivity contribution in [2.75, 3.05) is 10.2 Å². The van der Waals surface area contributed by atoms with Crippen molar-refractivity contribution in [3.8, 4) is 5.75 Å². The van der Waals surface area contributed by atoms with E-state index in [0.717, 1.165) is 16.3 Å². The molecule has 0 radical (unpaired) electrons. The van der Waals surface area contributed by atoms with Gasteiger partial charge in [-0.05, 0) is 48.4 Å². The molecule has 0 saturated carbocycles. The maximum Gasteiger partial charge on any atom is 0.277 e. The number of anilines is 2. The Morgan fingerprint density at radius 3 is 2.37 bits per heavy atom. The summed E-state index contributed by atoms with van der Waals surface area (Å²) >= 11 is 5.80. The third-order valence-corrected chi connectivity index (χ3v) is 6.91. The Bertz CT molecular complexity index is 1080. The van der Waals surface area contributed by atoms with Crippen LogP contribution in [0.3, 0.4) is 0 Å². The van der Waals surface area contributed by atoms with E-state index in [4.69, 9.17) is 16.3 Å². The van der Waals surface area contributed by atoms with Crippen LogP contribution in [0, 0.1) is 6.92 Å². The number of sulfonamides is 1. The second kappa shape index (κ2) is 7.06. The summed E-state index contributed by atoms with van der Waals surface area (Å²) in [7, 11) is -3.73. The summed E-state index contributed by atoms with van der Waals surface area (Å²) in [5.74, 6) is 0.966. The Hall–Kier alpha value is -2.24. The monoisotopic (exact) mass is 401 g/mol. The molecule has 0 fully saturated rings. The Kier molecular flexibility index (Phi) is 4.74. The fourth-order valence-electron chi connectivity index (χ4n) is 3.34. The molecule has 3 aromatic carbocycles. The van der Waals surface area contributed by atoms with E-state index in [1.165, 1.54) is 4.31 Å². The van der Waals surface area contributed by atoms with E-state index in [1.54, 1.807) is 0 Å². The number of aryl methyl sites for hydroxylation is 1. The quantitative estimate of drug-likeness (QED) is 0.553. The largest absolute Gasteiger partial charge is 0.470 e. The standard InChI is InChI=1S/C21H20ClNO3S/c1-15-8-10-18(11-9-15)23-19-13-16-5-2-3-6-17(16)14-20(19)26-21(7-4-12-22)27(23,24)25/h2-3,5-6,8-11,13-14,21H,4,7,12H2,1H3. The zero-order valence-corrected chi connectivity index (χ0v) is 16.5. The zero-order chi connectivity index (χ0) is 19.0. The molecule has 1 heterocycles. The lowest BCUT2D eigenvalue weighted by Gasteiger charge is -2.36. The number of halogens is 1. The van der Waals surface area contributed by atoms with Crippen LogP contribution in [-0.4, -0.2) is 19.7 Å². The number of fused-ring (bicyclic) bond motifs is 2. The highest BCUT2D eigenvalue weighted by Crippen LogP contribution is 2.45. The van der Waals surface area contributed by atoms with Crippen LogP contribution >= 0.6 is 11.6 Å². The molecule has 0 N–H and O–H groups in total. The minimum absolute atomic E-state index is 0.348. The Balaban J connectivity index is 1.93. The van der Waals surface area contributed by atoms with E-state index in [9.17, 15) is 8.42 Å². The lowest BCUT2D eigenvalue weighted by molar-refractivity contribution is 0.257. The number of hydrogen-bond donors (Lipinski definition) is 0. The van der Waals surface area contributed by atoms with Crippen LogP contribution in [0.1, 0.15) is 18.4 Å². The van der Waals surface area contributed by atoms with Gasteiger partial charge in [-0.15, -0.1) is 11.6 Å². The van der Waals surface area contributed by atoms with Gasteiger partial charge in [-0.1, -0.05) is 42.0 Å². The molecule has 0 amide bonds. The number of ether oxygens (including phenoxy) is 1. The van der Waals surface area contributed by atoms with Crippen molar-refractivity contribution in [2.45, 2.75) is 25.2 Å². The van der Waals surface area contributed by atoms with Gasteiger partial charge in [0.1, 0.15) is 5.75 Å². The first kappa shape index (κ1) is 18.1. The molecule has 1 aliphatic rings. The topological polar surface area (TPSA) is 46.6 Å². The molecule has 1 unspecified atom stereocenters. The normalized spacial score (nSPS) is 18.1. The molecule has 4 rings (SSSR count). The molecule has 6 heteroatoms. The zero-order valence-electron chi connectivity index (χ0n) is 14.9. The maximum atomic E-state index is 13.4. The van der Waals surface area contributed by atoms with Crippen molar-refractivity contribution >= 4 is 43.8 Å². The summed E-state index contributed by atoms with van der Waals surface area (Å²) < 4.78 is 34.1. The molecule has 1 atom stereocenters. The fourth-order valence-corrected chi connectivity index (χ4v) is 5.25. The number of rotatable bonds is 4. The average molecular weight is 402 g/mol. The highest BCUT2D eigenvalue weighted by Gasteiger charge is 2.41. The van der Waals surface area contributed by atoms with Gasteiger partial charge in [0, 0.05) is 12.3 Å². The van der Waals surface area contributed by atoms with Gasteiger partial charge in [0.05, 0.1) is 11.4 Å². The van der Waals surface area contributed by atoms with Gasteiger partial charge < -0.3 is 4.74 Å². The van der Waals surface area contributed by atoms with Gasteiger partial charge in [0.2, 0.25) is 5.44 Å². The second-order valence-electron chi connectivity index (χ2n) is 6.69. The predicted octanol–water partition coefficient (Wildman–Crippen LogP) is 5.35. The van der Waals surface area contributed by atoms with Crippen molar-refractivity contribution in [2.24, 2.45) is 0 Å². The summed E-state index contributed by atoms with van der Waals surface area (Å²) in [5, 5.41) is 1.97. The molecule has 27 heavy (non-hydrogen) atoms. The maximum absolute atomic E-state index is 13.4. The van der Waals surface area contributed by atoms with Crippen molar-refractivity contribution in [1.29, 1.82) is 0 Å². The lowest BCUT2D eigenvalue weighted by Crippen LogP contribution is -2.43. The highest BCUT2D eigenvalue weighted by molar-refractivity contribution is 7.93. The van der Waals surface area contributed by atoms with Crippen molar-refractivity contribution in [3.63, 3.8) is 0 Å². The van der Waals surface area contributed by atoms with Gasteiger partial charge in [-0.25, -0.2) is 12.7 Å². The van der Waals surface area contributed by atoms with Gasteiger partial charge in [0.25, 0.3) is 10.0 Å². The third kappa shape index (κ3) is 3.26. The first-order valence-electron chi connectivity index (χ1n) is 8.87. The molecule has 0 aliphatic carbocycles. The molecule has 4 nitrogen and oxygen atoms in total. The molecule has 140 valence electrons. The molecular weight excluding hydrogens is 382 g/mol. The summed E-state index contributed by atoms with van der Waals surface area (Å²) in [6.07, 6.45) is 0.913. The van der Waals surface area contributed by atoms with E-state index < -0.39 is 15.5 Å². The number of nitrogens with zero attached hydrogens (tertiary/aromatic N) is 1. The first-order chi connectivity index (χ1) is 13.0. The SMILES string of the molecule is Cc1ccc(N2c3cc4ccccc4cc3OC(CCCCl)S2(=O)=O)cc1. The smallest absolute Gasteiger partial charge is 0.277 e. The van der Waals surface area contributed by atoms with Crippen molar-refractivity contribution in [1.82, 2.24) is 0 Å². The molecular formula is C21H20ClNO3S. The van der Waals surface area contributed by atoms with Crippen LogP contribution in [0.15, 0.2) is 60.7 Å². The van der Waals surface area contributed by atoms with E-state index in [0.29, 0.717) is 35.8 Å². The number of alkyl halides is 1. The van der Waals surface area contributed by atoms with Gasteiger partial charge in [-0.3, -0.25) is 0 Å². The molecule has 1 aliphatic heterocycles. The molecule has 3 aromatic rings. The van der Waals surface area contributed by atoms with Crippen LogP contribution in [0.25, 0.3) is 10.8 Å². The average Bonchev–Trinajstić information content (AvgIpc) is 2.66. The number of hydrogen-bond acceptors (Lipinski definition) is 3. The molecule has 0 bridgehead atoms. The summed E-state index contributed by atoms with van der Waals surface area (Å²) in [6.45, 7) is 1.97. The minimum Gasteiger partial charge on any atom is -0.470 e. The second-order valence-corrected chi connectivity index (χ2v) is 8.99. The lowest BCUT2D eigenvalue weighted by atomic mass is 10.1. The number of benzene rings is 3. The summed E-state index contributed by atoms with van der Waals surface area (Å²) in [5.41, 5.74) is 1.27. The van der Waals surface area contributed by atoms with Gasteiger partial charge >= 0.3 is 0 Å². The van der Waals surface area contributed by atoms with Crippen LogP contribution < -0.4 is 9.04 Å². The Morgan fingerprint density at radius 2 is 1.70 bits per heavy atom. The minimum atomic E-state index is -3.73. The molecule has 0 aromatic heterocycles. The van der Waals surface area contributed by atoms with Gasteiger partial charge in [-0.2, -0.15) is 0 Å². The molecule has 0 spiro atoms. The van der Waals surface area contributed by atoms with E-state index in [-0.39, 0.29) is 0 Å². The molecule has 0 saturated heterocycles. The first-order valence-corrected chi connectivity index (χ1v) is 10.9. The highest BCUT2D eigenvalue weighted by atomic mass is 35.5. The van der Waals surface area contributed by atoms with Gasteiger partial charge in [0.15, 0.2) is 0 Å². The van der Waals surface area contributed by atoms with E-state index in [1.807, 2.05) is 67.6 Å². The van der Waals surface area contributed by atoms with Crippen LogP contribution in [0.2, 0.25) is 0 Å².